The fraction of sp³-hybridized carbons (Fsp3) is 0.400. The molecule has 1 heterocycles. The third kappa shape index (κ3) is 1.80. The van der Waals surface area contributed by atoms with E-state index < -0.39 is 0 Å². The molecule has 0 radical (unpaired) electrons. The van der Waals surface area contributed by atoms with Crippen LogP contribution in [0.15, 0.2) is 24.3 Å². The number of allylic oxidation sites excluding steroid dienone is 1. The minimum Gasteiger partial charge on any atom is -0.465 e. The largest absolute Gasteiger partial charge is 0.465 e. The third-order valence-corrected chi connectivity index (χ3v) is 3.64. The average molecular weight is 245 g/mol. The maximum Gasteiger partial charge on any atom is 0.339 e. The summed E-state index contributed by atoms with van der Waals surface area (Å²) in [6.45, 7) is 6.34. The molecule has 0 fully saturated rings. The van der Waals surface area contributed by atoms with Gasteiger partial charge in [-0.2, -0.15) is 0 Å². The average Bonchev–Trinajstić information content (AvgIpc) is 2.34. The number of rotatable bonds is 1. The summed E-state index contributed by atoms with van der Waals surface area (Å²) in [7, 11) is 3.42. The number of hydrogen-bond acceptors (Lipinski definition) is 3. The summed E-state index contributed by atoms with van der Waals surface area (Å²) in [5.41, 5.74) is 3.76. The lowest BCUT2D eigenvalue weighted by Crippen LogP contribution is -2.42. The van der Waals surface area contributed by atoms with Crippen molar-refractivity contribution in [3.63, 3.8) is 0 Å². The van der Waals surface area contributed by atoms with Crippen LogP contribution in [-0.4, -0.2) is 25.7 Å². The fourth-order valence-electron chi connectivity index (χ4n) is 2.49. The Balaban J connectivity index is 2.70. The van der Waals surface area contributed by atoms with Crippen LogP contribution in [0.1, 0.15) is 36.7 Å². The zero-order valence-corrected chi connectivity index (χ0v) is 11.6. The molecule has 1 aromatic rings. The number of fused-ring (bicyclic) bond motifs is 1. The molecule has 1 aliphatic rings. The number of likely N-dealkylation sites (N-methyl/N-ethyl adjacent to an activating group) is 1. The molecular weight excluding hydrogens is 226 g/mol. The van der Waals surface area contributed by atoms with E-state index in [0.29, 0.717) is 5.56 Å². The highest BCUT2D eigenvalue weighted by Crippen LogP contribution is 2.40. The number of carbonyl (C=O) groups is 1. The topological polar surface area (TPSA) is 29.5 Å². The summed E-state index contributed by atoms with van der Waals surface area (Å²) < 4.78 is 4.87. The quantitative estimate of drug-likeness (QED) is 0.712. The number of anilines is 1. The van der Waals surface area contributed by atoms with Gasteiger partial charge in [0.05, 0.1) is 23.9 Å². The van der Waals surface area contributed by atoms with Gasteiger partial charge >= 0.3 is 5.97 Å². The van der Waals surface area contributed by atoms with Crippen molar-refractivity contribution >= 4 is 17.2 Å². The second-order valence-corrected chi connectivity index (χ2v) is 5.23. The normalized spacial score (nSPS) is 16.9. The Labute approximate surface area is 108 Å². The van der Waals surface area contributed by atoms with Crippen molar-refractivity contribution < 1.29 is 9.53 Å². The van der Waals surface area contributed by atoms with Crippen LogP contribution in [0.2, 0.25) is 0 Å². The number of nitrogens with zero attached hydrogens (tertiary/aromatic N) is 1. The Hall–Kier alpha value is -1.77. The van der Waals surface area contributed by atoms with Crippen molar-refractivity contribution in [2.24, 2.45) is 0 Å². The number of esters is 1. The van der Waals surface area contributed by atoms with Gasteiger partial charge in [-0.1, -0.05) is 18.2 Å². The first-order chi connectivity index (χ1) is 8.38. The highest BCUT2D eigenvalue weighted by molar-refractivity contribution is 6.00. The molecule has 0 unspecified atom stereocenters. The first-order valence-electron chi connectivity index (χ1n) is 6.03. The van der Waals surface area contributed by atoms with Gasteiger partial charge in [-0.15, -0.1) is 0 Å². The monoisotopic (exact) mass is 245 g/mol. The lowest BCUT2D eigenvalue weighted by Gasteiger charge is -2.41. The van der Waals surface area contributed by atoms with E-state index in [2.05, 4.69) is 31.7 Å². The number of benzene rings is 1. The standard InChI is InChI=1S/C15H19NO2/c1-10-9-15(2,3)16(4)13-11(10)7-6-8-12(13)14(17)18-5/h6-9H,1-5H3. The van der Waals surface area contributed by atoms with Crippen molar-refractivity contribution in [1.29, 1.82) is 0 Å². The molecule has 96 valence electrons. The molecule has 0 atom stereocenters. The number of para-hydroxylation sites is 1. The van der Waals surface area contributed by atoms with E-state index >= 15 is 0 Å². The SMILES string of the molecule is COC(=O)c1cccc2c1N(C)C(C)(C)C=C2C. The lowest BCUT2D eigenvalue weighted by molar-refractivity contribution is 0.0601. The van der Waals surface area contributed by atoms with E-state index in [4.69, 9.17) is 4.74 Å². The summed E-state index contributed by atoms with van der Waals surface area (Å²) in [4.78, 5) is 14.0. The Morgan fingerprint density at radius 3 is 2.61 bits per heavy atom. The van der Waals surface area contributed by atoms with Crippen LogP contribution in [0.5, 0.6) is 0 Å². The van der Waals surface area contributed by atoms with Gasteiger partial charge in [-0.3, -0.25) is 0 Å². The van der Waals surface area contributed by atoms with Gasteiger partial charge in [0.2, 0.25) is 0 Å². The van der Waals surface area contributed by atoms with Gasteiger partial charge < -0.3 is 9.64 Å². The van der Waals surface area contributed by atoms with E-state index in [1.54, 1.807) is 0 Å². The Morgan fingerprint density at radius 2 is 2.00 bits per heavy atom. The molecule has 0 amide bonds. The third-order valence-electron chi connectivity index (χ3n) is 3.64. The van der Waals surface area contributed by atoms with Crippen LogP contribution >= 0.6 is 0 Å². The van der Waals surface area contributed by atoms with E-state index in [-0.39, 0.29) is 11.5 Å². The summed E-state index contributed by atoms with van der Waals surface area (Å²) in [5, 5.41) is 0. The molecule has 0 saturated carbocycles. The van der Waals surface area contributed by atoms with E-state index in [0.717, 1.165) is 11.3 Å². The van der Waals surface area contributed by atoms with Crippen LogP contribution < -0.4 is 4.90 Å². The number of hydrogen-bond donors (Lipinski definition) is 0. The number of carbonyl (C=O) groups excluding carboxylic acids is 1. The maximum atomic E-state index is 11.9. The van der Waals surface area contributed by atoms with Crippen LogP contribution in [-0.2, 0) is 4.74 Å². The van der Waals surface area contributed by atoms with E-state index in [9.17, 15) is 4.79 Å². The minimum atomic E-state index is -0.288. The molecule has 3 nitrogen and oxygen atoms in total. The van der Waals surface area contributed by atoms with Crippen LogP contribution in [0.3, 0.4) is 0 Å². The molecule has 3 heteroatoms. The van der Waals surface area contributed by atoms with E-state index in [1.165, 1.54) is 12.7 Å². The second-order valence-electron chi connectivity index (χ2n) is 5.23. The molecule has 0 spiro atoms. The first kappa shape index (κ1) is 12.7. The Bertz CT molecular complexity index is 529. The zero-order chi connectivity index (χ0) is 13.5. The minimum absolute atomic E-state index is 0.110. The number of ether oxygens (including phenoxy) is 1. The molecule has 1 aliphatic heterocycles. The summed E-state index contributed by atoms with van der Waals surface area (Å²) >= 11 is 0. The molecule has 1 aromatic carbocycles. The van der Waals surface area contributed by atoms with Crippen LogP contribution in [0.25, 0.3) is 5.57 Å². The van der Waals surface area contributed by atoms with Gasteiger partial charge in [0.1, 0.15) is 0 Å². The molecule has 2 rings (SSSR count). The number of methoxy groups -OCH3 is 1. The fourth-order valence-corrected chi connectivity index (χ4v) is 2.49. The van der Waals surface area contributed by atoms with E-state index in [1.807, 2.05) is 25.2 Å². The van der Waals surface area contributed by atoms with Crippen molar-refractivity contribution in [1.82, 2.24) is 0 Å². The predicted molar refractivity (Wildman–Crippen MR) is 73.9 cm³/mol. The lowest BCUT2D eigenvalue weighted by atomic mass is 9.87. The summed E-state index contributed by atoms with van der Waals surface area (Å²) in [6, 6.07) is 5.75. The smallest absolute Gasteiger partial charge is 0.339 e. The second kappa shape index (κ2) is 4.16. The molecule has 0 bridgehead atoms. The molecule has 0 saturated heterocycles. The Kier molecular flexibility index (Phi) is 2.93. The Morgan fingerprint density at radius 1 is 1.33 bits per heavy atom. The summed E-state index contributed by atoms with van der Waals surface area (Å²) in [6.07, 6.45) is 2.22. The highest BCUT2D eigenvalue weighted by atomic mass is 16.5. The van der Waals surface area contributed by atoms with Crippen LogP contribution in [0.4, 0.5) is 5.69 Å². The van der Waals surface area contributed by atoms with Crippen molar-refractivity contribution in [2.75, 3.05) is 19.1 Å². The predicted octanol–water partition coefficient (Wildman–Crippen LogP) is 3.10. The molecular formula is C15H19NO2. The van der Waals surface area contributed by atoms with Crippen molar-refractivity contribution in [3.8, 4) is 0 Å². The van der Waals surface area contributed by atoms with Gasteiger partial charge in [-0.25, -0.2) is 4.79 Å². The molecule has 0 aliphatic carbocycles. The van der Waals surface area contributed by atoms with Gasteiger partial charge in [-0.05, 0) is 32.4 Å². The van der Waals surface area contributed by atoms with Gasteiger partial charge in [0.25, 0.3) is 0 Å². The molecule has 18 heavy (non-hydrogen) atoms. The molecule has 0 aromatic heterocycles. The van der Waals surface area contributed by atoms with Crippen LogP contribution in [0, 0.1) is 0 Å². The van der Waals surface area contributed by atoms with Gasteiger partial charge in [0, 0.05) is 12.6 Å². The zero-order valence-electron chi connectivity index (χ0n) is 11.6. The van der Waals surface area contributed by atoms with Crippen molar-refractivity contribution in [3.05, 3.63) is 35.4 Å². The highest BCUT2D eigenvalue weighted by Gasteiger charge is 2.31. The maximum absolute atomic E-state index is 11.9. The van der Waals surface area contributed by atoms with Crippen molar-refractivity contribution in [2.45, 2.75) is 26.3 Å². The first-order valence-corrected chi connectivity index (χ1v) is 6.03. The summed E-state index contributed by atoms with van der Waals surface area (Å²) in [5.74, 6) is -0.288. The van der Waals surface area contributed by atoms with Gasteiger partial charge in [0.15, 0.2) is 0 Å². The molecule has 0 N–H and O–H groups in total.